The molecule has 0 saturated heterocycles. The second-order valence-electron chi connectivity index (χ2n) is 6.01. The lowest BCUT2D eigenvalue weighted by Crippen LogP contribution is -2.21. The van der Waals surface area contributed by atoms with E-state index in [1.807, 2.05) is 30.5 Å². The van der Waals surface area contributed by atoms with Gasteiger partial charge in [-0.25, -0.2) is 9.48 Å². The minimum Gasteiger partial charge on any atom is -0.465 e. The lowest BCUT2D eigenvalue weighted by atomic mass is 10.1. The standard InChI is InChI=1S/C19H21N3O2/c1-13(2)20-11-14-7-9-16(10-8-14)22-12-15-5-4-6-17(18(15)21-22)19(23)24-3/h4-10,12-13,20H,11H2,1-3H3. The van der Waals surface area contributed by atoms with Crippen LogP contribution in [0.5, 0.6) is 0 Å². The van der Waals surface area contributed by atoms with Crippen molar-refractivity contribution < 1.29 is 9.53 Å². The summed E-state index contributed by atoms with van der Waals surface area (Å²) in [5.41, 5.74) is 3.30. The van der Waals surface area contributed by atoms with Crippen LogP contribution in [0.15, 0.2) is 48.7 Å². The monoisotopic (exact) mass is 323 g/mol. The minimum atomic E-state index is -0.374. The summed E-state index contributed by atoms with van der Waals surface area (Å²) in [6.07, 6.45) is 1.92. The number of methoxy groups -OCH3 is 1. The van der Waals surface area contributed by atoms with Gasteiger partial charge in [0, 0.05) is 24.2 Å². The van der Waals surface area contributed by atoms with Gasteiger partial charge in [0.1, 0.15) is 5.52 Å². The van der Waals surface area contributed by atoms with E-state index in [0.29, 0.717) is 17.1 Å². The molecule has 124 valence electrons. The molecule has 0 bridgehead atoms. The minimum absolute atomic E-state index is 0.374. The van der Waals surface area contributed by atoms with E-state index in [1.165, 1.54) is 12.7 Å². The molecule has 1 heterocycles. The molecule has 3 aromatic rings. The van der Waals surface area contributed by atoms with E-state index >= 15 is 0 Å². The van der Waals surface area contributed by atoms with Gasteiger partial charge in [-0.05, 0) is 23.8 Å². The van der Waals surface area contributed by atoms with Gasteiger partial charge in [0.25, 0.3) is 0 Å². The number of aromatic nitrogens is 2. The van der Waals surface area contributed by atoms with E-state index in [-0.39, 0.29) is 5.97 Å². The van der Waals surface area contributed by atoms with Crippen molar-refractivity contribution in [3.05, 3.63) is 59.8 Å². The quantitative estimate of drug-likeness (QED) is 0.732. The van der Waals surface area contributed by atoms with Crippen molar-refractivity contribution in [1.82, 2.24) is 15.1 Å². The molecule has 0 spiro atoms. The van der Waals surface area contributed by atoms with Crippen molar-refractivity contribution in [1.29, 1.82) is 0 Å². The summed E-state index contributed by atoms with van der Waals surface area (Å²) in [5, 5.41) is 8.86. The van der Waals surface area contributed by atoms with E-state index in [1.54, 1.807) is 10.7 Å². The predicted octanol–water partition coefficient (Wildman–Crippen LogP) is 3.31. The van der Waals surface area contributed by atoms with Gasteiger partial charge >= 0.3 is 5.97 Å². The summed E-state index contributed by atoms with van der Waals surface area (Å²) in [5.74, 6) is -0.374. The van der Waals surface area contributed by atoms with Crippen molar-refractivity contribution in [3.63, 3.8) is 0 Å². The molecule has 5 heteroatoms. The Balaban J connectivity index is 1.91. The first kappa shape index (κ1) is 16.2. The van der Waals surface area contributed by atoms with Crippen molar-refractivity contribution in [2.24, 2.45) is 0 Å². The summed E-state index contributed by atoms with van der Waals surface area (Å²) >= 11 is 0. The third-order valence-corrected chi connectivity index (χ3v) is 3.86. The van der Waals surface area contributed by atoms with Crippen LogP contribution in [0.4, 0.5) is 0 Å². The van der Waals surface area contributed by atoms with E-state index in [0.717, 1.165) is 17.6 Å². The summed E-state index contributed by atoms with van der Waals surface area (Å²) in [6.45, 7) is 5.09. The number of nitrogens with one attached hydrogen (secondary N) is 1. The number of hydrogen-bond donors (Lipinski definition) is 1. The highest BCUT2D eigenvalue weighted by Crippen LogP contribution is 2.20. The van der Waals surface area contributed by atoms with Crippen LogP contribution >= 0.6 is 0 Å². The Morgan fingerprint density at radius 3 is 2.62 bits per heavy atom. The lowest BCUT2D eigenvalue weighted by Gasteiger charge is -2.08. The Hall–Kier alpha value is -2.66. The van der Waals surface area contributed by atoms with Crippen LogP contribution in [0.25, 0.3) is 16.6 Å². The molecule has 0 radical (unpaired) electrons. The highest BCUT2D eigenvalue weighted by molar-refractivity contribution is 6.02. The number of nitrogens with zero attached hydrogens (tertiary/aromatic N) is 2. The number of carbonyl (C=O) groups is 1. The van der Waals surface area contributed by atoms with Crippen LogP contribution in [-0.2, 0) is 11.3 Å². The Labute approximate surface area is 141 Å². The van der Waals surface area contributed by atoms with Gasteiger partial charge < -0.3 is 10.1 Å². The molecule has 0 fully saturated rings. The molecule has 0 atom stereocenters. The largest absolute Gasteiger partial charge is 0.465 e. The molecule has 3 rings (SSSR count). The zero-order valence-corrected chi connectivity index (χ0v) is 14.1. The van der Waals surface area contributed by atoms with Crippen molar-refractivity contribution in [3.8, 4) is 5.69 Å². The lowest BCUT2D eigenvalue weighted by molar-refractivity contribution is 0.0602. The normalized spacial score (nSPS) is 11.2. The Morgan fingerprint density at radius 1 is 1.21 bits per heavy atom. The average molecular weight is 323 g/mol. The van der Waals surface area contributed by atoms with Gasteiger partial charge in [0.05, 0.1) is 18.4 Å². The molecule has 2 aromatic carbocycles. The third kappa shape index (κ3) is 3.31. The van der Waals surface area contributed by atoms with Gasteiger partial charge in [0.15, 0.2) is 0 Å². The maximum absolute atomic E-state index is 11.9. The molecular weight excluding hydrogens is 302 g/mol. The van der Waals surface area contributed by atoms with Crippen LogP contribution in [0, 0.1) is 0 Å². The molecular formula is C19H21N3O2. The van der Waals surface area contributed by atoms with Crippen LogP contribution in [0.2, 0.25) is 0 Å². The number of rotatable bonds is 5. The third-order valence-electron chi connectivity index (χ3n) is 3.86. The van der Waals surface area contributed by atoms with Crippen molar-refractivity contribution in [2.45, 2.75) is 26.4 Å². The second-order valence-corrected chi connectivity index (χ2v) is 6.01. The maximum atomic E-state index is 11.9. The summed E-state index contributed by atoms with van der Waals surface area (Å²) in [6, 6.07) is 14.2. The first-order valence-corrected chi connectivity index (χ1v) is 7.98. The van der Waals surface area contributed by atoms with Gasteiger partial charge in [0.2, 0.25) is 0 Å². The number of carbonyl (C=O) groups excluding carboxylic acids is 1. The van der Waals surface area contributed by atoms with Gasteiger partial charge in [-0.3, -0.25) is 0 Å². The number of ether oxygens (including phenoxy) is 1. The molecule has 1 N–H and O–H groups in total. The van der Waals surface area contributed by atoms with Crippen LogP contribution in [0.3, 0.4) is 0 Å². The van der Waals surface area contributed by atoms with E-state index in [9.17, 15) is 4.79 Å². The topological polar surface area (TPSA) is 56.1 Å². The van der Waals surface area contributed by atoms with Gasteiger partial charge in [-0.15, -0.1) is 0 Å². The Morgan fingerprint density at radius 2 is 1.96 bits per heavy atom. The zero-order valence-electron chi connectivity index (χ0n) is 14.1. The van der Waals surface area contributed by atoms with Crippen LogP contribution in [-0.4, -0.2) is 28.9 Å². The van der Waals surface area contributed by atoms with Gasteiger partial charge in [-0.1, -0.05) is 38.1 Å². The zero-order chi connectivity index (χ0) is 17.1. The number of fused-ring (bicyclic) bond motifs is 1. The van der Waals surface area contributed by atoms with Crippen molar-refractivity contribution in [2.75, 3.05) is 7.11 Å². The molecule has 0 aliphatic carbocycles. The molecule has 0 aliphatic rings. The van der Waals surface area contributed by atoms with Crippen molar-refractivity contribution >= 4 is 16.9 Å². The fraction of sp³-hybridized carbons (Fsp3) is 0.263. The second kappa shape index (κ2) is 6.84. The molecule has 0 aliphatic heterocycles. The summed E-state index contributed by atoms with van der Waals surface area (Å²) < 4.78 is 6.61. The van der Waals surface area contributed by atoms with E-state index < -0.39 is 0 Å². The highest BCUT2D eigenvalue weighted by Gasteiger charge is 2.13. The first-order valence-electron chi connectivity index (χ1n) is 7.98. The Bertz CT molecular complexity index is 851. The van der Waals surface area contributed by atoms with Crippen LogP contribution in [0.1, 0.15) is 29.8 Å². The first-order chi connectivity index (χ1) is 11.6. The van der Waals surface area contributed by atoms with Gasteiger partial charge in [-0.2, -0.15) is 5.10 Å². The van der Waals surface area contributed by atoms with E-state index in [4.69, 9.17) is 4.74 Å². The SMILES string of the molecule is COC(=O)c1cccc2cn(-c3ccc(CNC(C)C)cc3)nc12. The molecule has 0 saturated carbocycles. The number of benzene rings is 2. The summed E-state index contributed by atoms with van der Waals surface area (Å²) in [7, 11) is 1.38. The molecule has 0 unspecified atom stereocenters. The highest BCUT2D eigenvalue weighted by atomic mass is 16.5. The smallest absolute Gasteiger partial charge is 0.340 e. The van der Waals surface area contributed by atoms with E-state index in [2.05, 4.69) is 36.4 Å². The molecule has 0 amide bonds. The molecule has 1 aromatic heterocycles. The predicted molar refractivity (Wildman–Crippen MR) is 94.4 cm³/mol. The summed E-state index contributed by atoms with van der Waals surface area (Å²) in [4.78, 5) is 11.9. The molecule has 5 nitrogen and oxygen atoms in total. The van der Waals surface area contributed by atoms with Crippen LogP contribution < -0.4 is 5.32 Å². The fourth-order valence-electron chi connectivity index (χ4n) is 2.54. The fourth-order valence-corrected chi connectivity index (χ4v) is 2.54. The average Bonchev–Trinajstić information content (AvgIpc) is 3.03. The Kier molecular flexibility index (Phi) is 4.62. The number of hydrogen-bond acceptors (Lipinski definition) is 4. The molecule has 24 heavy (non-hydrogen) atoms. The number of esters is 1. The maximum Gasteiger partial charge on any atom is 0.340 e.